The molecule has 5 heteroatoms. The van der Waals surface area contributed by atoms with Crippen LogP contribution in [0, 0.1) is 27.7 Å². The van der Waals surface area contributed by atoms with E-state index in [0.717, 1.165) is 54.9 Å². The predicted octanol–water partition coefficient (Wildman–Crippen LogP) is 6.99. The Hall–Kier alpha value is -2.60. The largest absolute Gasteiger partial charge is 0.486 e. The Bertz CT molecular complexity index is 1480. The van der Waals surface area contributed by atoms with Crippen LogP contribution in [0.15, 0.2) is 64.7 Å². The lowest BCUT2D eigenvalue weighted by molar-refractivity contribution is -0.193. The highest BCUT2D eigenvalue weighted by atomic mass is 79.9. The molecule has 4 nitrogen and oxygen atoms in total. The van der Waals surface area contributed by atoms with Crippen molar-refractivity contribution in [3.05, 3.63) is 104 Å². The van der Waals surface area contributed by atoms with E-state index in [-0.39, 0.29) is 6.04 Å². The van der Waals surface area contributed by atoms with Crippen molar-refractivity contribution in [1.29, 1.82) is 0 Å². The fourth-order valence-electron chi connectivity index (χ4n) is 7.06. The van der Waals surface area contributed by atoms with Crippen LogP contribution in [0.1, 0.15) is 65.8 Å². The summed E-state index contributed by atoms with van der Waals surface area (Å²) >= 11 is 3.56. The number of fused-ring (bicyclic) bond motifs is 7. The van der Waals surface area contributed by atoms with Gasteiger partial charge in [-0.3, -0.25) is 5.32 Å². The van der Waals surface area contributed by atoms with E-state index in [1.165, 1.54) is 5.56 Å². The van der Waals surface area contributed by atoms with Crippen molar-refractivity contribution in [2.45, 2.75) is 77.4 Å². The van der Waals surface area contributed by atoms with Gasteiger partial charge >= 0.3 is 0 Å². The molecule has 6 rings (SSSR count). The third kappa shape index (κ3) is 3.20. The zero-order valence-electron chi connectivity index (χ0n) is 22.5. The first-order chi connectivity index (χ1) is 17.4. The Morgan fingerprint density at radius 2 is 1.49 bits per heavy atom. The normalized spacial score (nSPS) is 29.9. The van der Waals surface area contributed by atoms with E-state index in [1.807, 2.05) is 13.8 Å². The molecule has 0 bridgehead atoms. The molecule has 37 heavy (non-hydrogen) atoms. The quantitative estimate of drug-likeness (QED) is 0.339. The first kappa shape index (κ1) is 24.7. The molecule has 0 unspecified atom stereocenters. The lowest BCUT2D eigenvalue weighted by atomic mass is 9.59. The van der Waals surface area contributed by atoms with E-state index in [1.54, 1.807) is 0 Å². The molecule has 0 fully saturated rings. The highest BCUT2D eigenvalue weighted by Crippen LogP contribution is 2.64. The van der Waals surface area contributed by atoms with Gasteiger partial charge in [-0.2, -0.15) is 0 Å². The summed E-state index contributed by atoms with van der Waals surface area (Å²) < 4.78 is 14.6. The molecule has 2 N–H and O–H groups in total. The molecule has 192 valence electrons. The smallest absolute Gasteiger partial charge is 0.257 e. The van der Waals surface area contributed by atoms with Gasteiger partial charge in [0.15, 0.2) is 5.54 Å². The molecule has 2 heterocycles. The topological polar surface area (TPSA) is 50.7 Å². The number of hydrogen-bond acceptors (Lipinski definition) is 4. The number of benzene rings is 3. The minimum atomic E-state index is -1.62. The molecule has 0 radical (unpaired) electrons. The molecular formula is C32H34BrNO3. The highest BCUT2D eigenvalue weighted by Gasteiger charge is 2.74. The average molecular weight is 561 g/mol. The monoisotopic (exact) mass is 559 g/mol. The maximum Gasteiger partial charge on any atom is 0.257 e. The summed E-state index contributed by atoms with van der Waals surface area (Å²) in [6.45, 7) is 14.7. The minimum Gasteiger partial charge on any atom is -0.486 e. The molecule has 3 aromatic rings. The fraction of sp³-hybridized carbons (Fsp3) is 0.375. The van der Waals surface area contributed by atoms with Gasteiger partial charge in [-0.05, 0) is 82.9 Å². The third-order valence-electron chi connectivity index (χ3n) is 8.67. The molecule has 0 saturated carbocycles. The summed E-state index contributed by atoms with van der Waals surface area (Å²) in [5.74, 6) is 0.0157. The molecule has 5 atom stereocenters. The molecule has 3 aromatic carbocycles. The summed E-state index contributed by atoms with van der Waals surface area (Å²) in [5.41, 5.74) is 6.92. The zero-order valence-corrected chi connectivity index (χ0v) is 24.1. The Morgan fingerprint density at radius 1 is 0.892 bits per heavy atom. The van der Waals surface area contributed by atoms with Crippen molar-refractivity contribution in [2.24, 2.45) is 0 Å². The molecular weight excluding hydrogens is 526 g/mol. The summed E-state index contributed by atoms with van der Waals surface area (Å²) in [7, 11) is 0. The molecule has 0 spiro atoms. The van der Waals surface area contributed by atoms with Crippen molar-refractivity contribution in [1.82, 2.24) is 5.32 Å². The summed E-state index contributed by atoms with van der Waals surface area (Å²) in [6, 6.07) is 16.9. The van der Waals surface area contributed by atoms with Gasteiger partial charge in [-0.15, -0.1) is 0 Å². The Morgan fingerprint density at radius 3 is 2.14 bits per heavy atom. The SMILES string of the molecule is CC1=C[C@@]2(C)c3cc(C)cc(C)c3O[C@H]2[C@]2(N[C@@H](C)c3ccc(Br)cc3)c3cc(C)cc(C)c3O[C@]12O. The van der Waals surface area contributed by atoms with Gasteiger partial charge < -0.3 is 14.6 Å². The van der Waals surface area contributed by atoms with Crippen LogP contribution in [-0.4, -0.2) is 17.0 Å². The standard InChI is InChI=1S/C32H34BrNO3/c1-17-12-19(3)27-25(14-17)30(7)16-21(5)32(35)31(29(30)36-27,26-15-18(2)13-20(4)28(26)37-32)34-22(6)23-8-10-24(33)11-9-23/h8-16,22,29,34-35H,1-7H3/t22-,29+,30-,31+,32+/m0/s1. The summed E-state index contributed by atoms with van der Waals surface area (Å²) in [4.78, 5) is 0. The van der Waals surface area contributed by atoms with Gasteiger partial charge in [0, 0.05) is 21.6 Å². The second kappa shape index (κ2) is 7.95. The second-order valence-electron chi connectivity index (χ2n) is 11.5. The first-order valence-electron chi connectivity index (χ1n) is 13.0. The number of aryl methyl sites for hydroxylation is 4. The van der Waals surface area contributed by atoms with Crippen LogP contribution in [0.2, 0.25) is 0 Å². The van der Waals surface area contributed by atoms with Crippen LogP contribution < -0.4 is 14.8 Å². The van der Waals surface area contributed by atoms with Gasteiger partial charge in [-0.25, -0.2) is 0 Å². The van der Waals surface area contributed by atoms with Gasteiger partial charge in [0.2, 0.25) is 0 Å². The van der Waals surface area contributed by atoms with Gasteiger partial charge in [-0.1, -0.05) is 69.5 Å². The van der Waals surface area contributed by atoms with Crippen molar-refractivity contribution >= 4 is 15.9 Å². The predicted molar refractivity (Wildman–Crippen MR) is 150 cm³/mol. The number of hydrogen-bond donors (Lipinski definition) is 2. The van der Waals surface area contributed by atoms with E-state index >= 15 is 0 Å². The Balaban J connectivity index is 1.64. The van der Waals surface area contributed by atoms with Gasteiger partial charge in [0.1, 0.15) is 17.6 Å². The van der Waals surface area contributed by atoms with E-state index in [2.05, 4.69) is 110 Å². The van der Waals surface area contributed by atoms with Crippen molar-refractivity contribution in [2.75, 3.05) is 0 Å². The molecule has 0 saturated heterocycles. The van der Waals surface area contributed by atoms with Crippen LogP contribution in [-0.2, 0) is 11.0 Å². The van der Waals surface area contributed by atoms with Crippen molar-refractivity contribution < 1.29 is 14.6 Å². The van der Waals surface area contributed by atoms with Crippen molar-refractivity contribution in [3.63, 3.8) is 0 Å². The number of aliphatic hydroxyl groups is 1. The lowest BCUT2D eigenvalue weighted by Gasteiger charge is -2.53. The summed E-state index contributed by atoms with van der Waals surface area (Å²) in [6.07, 6.45) is 1.73. The molecule has 1 aliphatic carbocycles. The maximum atomic E-state index is 12.6. The first-order valence-corrected chi connectivity index (χ1v) is 13.7. The van der Waals surface area contributed by atoms with E-state index in [4.69, 9.17) is 9.47 Å². The number of ether oxygens (including phenoxy) is 2. The summed E-state index contributed by atoms with van der Waals surface area (Å²) in [5, 5.41) is 16.6. The van der Waals surface area contributed by atoms with Gasteiger partial charge in [0.25, 0.3) is 5.79 Å². The van der Waals surface area contributed by atoms with E-state index in [0.29, 0.717) is 0 Å². The number of nitrogens with one attached hydrogen (secondary N) is 1. The van der Waals surface area contributed by atoms with E-state index < -0.39 is 22.8 Å². The lowest BCUT2D eigenvalue weighted by Crippen LogP contribution is -2.72. The Labute approximate surface area is 227 Å². The fourth-order valence-corrected chi connectivity index (χ4v) is 7.33. The molecule has 2 aliphatic heterocycles. The van der Waals surface area contributed by atoms with E-state index in [9.17, 15) is 5.11 Å². The van der Waals surface area contributed by atoms with Crippen LogP contribution in [0.4, 0.5) is 0 Å². The highest BCUT2D eigenvalue weighted by molar-refractivity contribution is 9.10. The van der Waals surface area contributed by atoms with Crippen LogP contribution in [0.3, 0.4) is 0 Å². The molecule has 0 aromatic heterocycles. The minimum absolute atomic E-state index is 0.0970. The molecule has 0 amide bonds. The second-order valence-corrected chi connectivity index (χ2v) is 12.4. The van der Waals surface area contributed by atoms with Crippen LogP contribution in [0.5, 0.6) is 11.5 Å². The van der Waals surface area contributed by atoms with Crippen LogP contribution >= 0.6 is 15.9 Å². The van der Waals surface area contributed by atoms with Crippen molar-refractivity contribution in [3.8, 4) is 11.5 Å². The molecule has 3 aliphatic rings. The average Bonchev–Trinajstić information content (AvgIpc) is 3.25. The number of halogens is 1. The zero-order chi connectivity index (χ0) is 26.5. The van der Waals surface area contributed by atoms with Gasteiger partial charge in [0.05, 0.1) is 5.41 Å². The Kier molecular flexibility index (Phi) is 5.31. The number of rotatable bonds is 3. The third-order valence-corrected chi connectivity index (χ3v) is 9.19. The van der Waals surface area contributed by atoms with Crippen LogP contribution in [0.25, 0.3) is 0 Å². The maximum absolute atomic E-state index is 12.6.